The van der Waals surface area contributed by atoms with E-state index in [0.717, 1.165) is 72.6 Å². The van der Waals surface area contributed by atoms with Crippen molar-refractivity contribution in [2.75, 3.05) is 12.8 Å². The number of ether oxygens (including phenoxy) is 1. The first kappa shape index (κ1) is 24.9. The topological polar surface area (TPSA) is 91.7 Å². The fraction of sp³-hybridized carbons (Fsp3) is 0.355. The van der Waals surface area contributed by atoms with Crippen LogP contribution < -0.4 is 15.5 Å². The number of ketones is 1. The van der Waals surface area contributed by atoms with Gasteiger partial charge in [-0.1, -0.05) is 24.3 Å². The van der Waals surface area contributed by atoms with E-state index < -0.39 is 0 Å². The van der Waals surface area contributed by atoms with E-state index in [2.05, 4.69) is 9.98 Å². The Balaban J connectivity index is 1.30. The number of nitrogens with one attached hydrogen (secondary N) is 1. The lowest BCUT2D eigenvalue weighted by molar-refractivity contribution is -0.365. The van der Waals surface area contributed by atoms with Crippen LogP contribution in [0.1, 0.15) is 55.8 Å². The standard InChI is InChI=1S/C31H34N4O2/c1-3-7-27(36)25-19-31(25)16-14-21(15-17-31)18-26-28(30(32)35-20-34-26)29(33-2)22-10-12-24(13-11-22)37-23-8-5-4-6-9-23/h3-13,20-21,25H,14-19H2,1-2H3,(H2,32,34,35)/p+1. The van der Waals surface area contributed by atoms with Crippen LogP contribution in [0.3, 0.4) is 0 Å². The summed E-state index contributed by atoms with van der Waals surface area (Å²) in [6, 6.07) is 17.7. The summed E-state index contributed by atoms with van der Waals surface area (Å²) in [6.07, 6.45) is 11.7. The third-order valence-corrected chi connectivity index (χ3v) is 8.01. The molecule has 1 atom stereocenters. The molecule has 0 saturated heterocycles. The van der Waals surface area contributed by atoms with E-state index in [9.17, 15) is 4.79 Å². The van der Waals surface area contributed by atoms with Crippen LogP contribution in [0.15, 0.2) is 78.1 Å². The second kappa shape index (κ2) is 10.7. The molecule has 0 amide bonds. The Kier molecular flexibility index (Phi) is 7.17. The van der Waals surface area contributed by atoms with Gasteiger partial charge >= 0.3 is 0 Å². The van der Waals surface area contributed by atoms with Crippen LogP contribution in [-0.2, 0) is 11.2 Å². The molecule has 1 aromatic heterocycles. The van der Waals surface area contributed by atoms with Gasteiger partial charge in [0.2, 0.25) is 12.1 Å². The number of carbonyl (C=O) groups excluding carboxylic acids is 1. The Morgan fingerprint density at radius 2 is 1.84 bits per heavy atom. The lowest BCUT2D eigenvalue weighted by Gasteiger charge is -2.29. The first-order valence-corrected chi connectivity index (χ1v) is 13.1. The number of aromatic amines is 1. The summed E-state index contributed by atoms with van der Waals surface area (Å²) in [5.74, 6) is 3.19. The maximum Gasteiger partial charge on any atom is 0.229 e. The normalized spacial score (nSPS) is 23.4. The molecule has 1 unspecified atom stereocenters. The Bertz CT molecular complexity index is 1310. The molecular weight excluding hydrogens is 460 g/mol. The van der Waals surface area contributed by atoms with Gasteiger partial charge in [-0.05, 0) is 92.8 Å². The van der Waals surface area contributed by atoms with E-state index in [0.29, 0.717) is 17.5 Å². The van der Waals surface area contributed by atoms with Gasteiger partial charge in [0.05, 0.1) is 5.71 Å². The number of carbonyl (C=O) groups is 1. The van der Waals surface area contributed by atoms with Crippen LogP contribution in [-0.4, -0.2) is 23.5 Å². The number of H-pyrrole nitrogens is 1. The van der Waals surface area contributed by atoms with Crippen molar-refractivity contribution < 1.29 is 14.5 Å². The Morgan fingerprint density at radius 1 is 1.14 bits per heavy atom. The van der Waals surface area contributed by atoms with E-state index in [1.807, 2.05) is 67.6 Å². The van der Waals surface area contributed by atoms with Crippen LogP contribution in [0.25, 0.3) is 0 Å². The number of anilines is 1. The first-order valence-electron chi connectivity index (χ1n) is 13.1. The highest BCUT2D eigenvalue weighted by Gasteiger charge is 2.57. The van der Waals surface area contributed by atoms with Gasteiger partial charge in [-0.15, -0.1) is 4.98 Å². The molecule has 190 valence electrons. The molecule has 2 aliphatic carbocycles. The van der Waals surface area contributed by atoms with Crippen LogP contribution in [0, 0.1) is 17.3 Å². The number of allylic oxidation sites excluding steroid dienone is 2. The maximum atomic E-state index is 12.4. The van der Waals surface area contributed by atoms with E-state index in [4.69, 9.17) is 15.5 Å². The number of hydrogen-bond donors (Lipinski definition) is 1. The van der Waals surface area contributed by atoms with Gasteiger partial charge in [0.25, 0.3) is 0 Å². The molecule has 3 N–H and O–H groups in total. The van der Waals surface area contributed by atoms with Crippen molar-refractivity contribution in [3.05, 3.63) is 89.9 Å². The number of nitrogens with two attached hydrogens (primary N) is 1. The minimum Gasteiger partial charge on any atom is -0.457 e. The molecule has 6 nitrogen and oxygen atoms in total. The van der Waals surface area contributed by atoms with E-state index in [1.54, 1.807) is 19.5 Å². The van der Waals surface area contributed by atoms with Crippen LogP contribution in [0.4, 0.5) is 5.82 Å². The van der Waals surface area contributed by atoms with Crippen LogP contribution in [0.2, 0.25) is 0 Å². The van der Waals surface area contributed by atoms with E-state index in [1.165, 1.54) is 0 Å². The molecule has 1 spiro atoms. The fourth-order valence-electron chi connectivity index (χ4n) is 5.89. The highest BCUT2D eigenvalue weighted by molar-refractivity contribution is 6.15. The average molecular weight is 496 g/mol. The van der Waals surface area contributed by atoms with Gasteiger partial charge in [-0.25, -0.2) is 4.98 Å². The minimum absolute atomic E-state index is 0.230. The predicted octanol–water partition coefficient (Wildman–Crippen LogP) is 5.62. The number of nitrogen functional groups attached to an aromatic ring is 1. The summed E-state index contributed by atoms with van der Waals surface area (Å²) in [7, 11) is 1.79. The third-order valence-electron chi connectivity index (χ3n) is 8.01. The predicted molar refractivity (Wildman–Crippen MR) is 146 cm³/mol. The van der Waals surface area contributed by atoms with Crippen molar-refractivity contribution in [2.45, 2.75) is 45.4 Å². The average Bonchev–Trinajstić information content (AvgIpc) is 3.62. The number of hydrogen-bond acceptors (Lipinski definition) is 5. The molecule has 2 aliphatic rings. The molecule has 1 heterocycles. The molecule has 0 aliphatic heterocycles. The lowest BCUT2D eigenvalue weighted by atomic mass is 9.76. The molecule has 5 rings (SSSR count). The van der Waals surface area contributed by atoms with Gasteiger partial charge in [-0.2, -0.15) is 0 Å². The zero-order valence-electron chi connectivity index (χ0n) is 21.6. The number of rotatable bonds is 8. The summed E-state index contributed by atoms with van der Waals surface area (Å²) < 4.78 is 5.95. The van der Waals surface area contributed by atoms with Gasteiger partial charge in [0.1, 0.15) is 22.8 Å². The highest BCUT2D eigenvalue weighted by atomic mass is 16.5. The van der Waals surface area contributed by atoms with E-state index in [-0.39, 0.29) is 11.3 Å². The molecule has 37 heavy (non-hydrogen) atoms. The number of benzene rings is 2. The summed E-state index contributed by atoms with van der Waals surface area (Å²) in [6.45, 7) is 1.91. The van der Waals surface area contributed by atoms with Gasteiger partial charge in [0, 0.05) is 24.9 Å². The molecule has 2 fully saturated rings. The summed E-state index contributed by atoms with van der Waals surface area (Å²) in [5.41, 5.74) is 10.3. The summed E-state index contributed by atoms with van der Waals surface area (Å²) >= 11 is 0. The molecule has 6 heteroatoms. The first-order chi connectivity index (χ1) is 18.0. The summed E-state index contributed by atoms with van der Waals surface area (Å²) in [5, 5.41) is 0. The molecule has 3 aromatic rings. The molecule has 2 aromatic carbocycles. The minimum atomic E-state index is 0.230. The number of nitrogens with zero attached hydrogens (tertiary/aromatic N) is 2. The monoisotopic (exact) mass is 495 g/mol. The number of para-hydroxylation sites is 1. The fourth-order valence-corrected chi connectivity index (χ4v) is 5.89. The zero-order chi connectivity index (χ0) is 25.8. The molecule has 0 bridgehead atoms. The van der Waals surface area contributed by atoms with Crippen molar-refractivity contribution in [2.24, 2.45) is 22.2 Å². The zero-order valence-corrected chi connectivity index (χ0v) is 21.6. The summed E-state index contributed by atoms with van der Waals surface area (Å²) in [4.78, 5) is 24.8. The molecule has 2 saturated carbocycles. The van der Waals surface area contributed by atoms with Gasteiger partial charge in [0.15, 0.2) is 5.78 Å². The highest BCUT2D eigenvalue weighted by Crippen LogP contribution is 2.62. The lowest BCUT2D eigenvalue weighted by Crippen LogP contribution is -2.25. The number of aliphatic imine (C=N–C) groups is 1. The number of aromatic nitrogens is 2. The van der Waals surface area contributed by atoms with Crippen molar-refractivity contribution in [1.82, 2.24) is 4.98 Å². The van der Waals surface area contributed by atoms with Crippen LogP contribution in [0.5, 0.6) is 11.5 Å². The quantitative estimate of drug-likeness (QED) is 0.324. The largest absolute Gasteiger partial charge is 0.457 e. The van der Waals surface area contributed by atoms with E-state index >= 15 is 0 Å². The second-order valence-electron chi connectivity index (χ2n) is 10.3. The third kappa shape index (κ3) is 5.33. The SMILES string of the molecule is CC=CC(=O)C1CC12CCC(Cc1nc[nH+]c(N)c1C(=NC)c1ccc(Oc3ccccc3)cc1)CC2. The van der Waals surface area contributed by atoms with Crippen molar-refractivity contribution >= 4 is 17.3 Å². The van der Waals surface area contributed by atoms with Crippen molar-refractivity contribution in [3.8, 4) is 11.5 Å². The Morgan fingerprint density at radius 3 is 2.51 bits per heavy atom. The Labute approximate surface area is 218 Å². The second-order valence-corrected chi connectivity index (χ2v) is 10.3. The van der Waals surface area contributed by atoms with Crippen LogP contribution >= 0.6 is 0 Å². The smallest absolute Gasteiger partial charge is 0.229 e. The van der Waals surface area contributed by atoms with Gasteiger partial charge in [-0.3, -0.25) is 9.79 Å². The maximum absolute atomic E-state index is 12.4. The molecule has 0 radical (unpaired) electrons. The van der Waals surface area contributed by atoms with Crippen molar-refractivity contribution in [3.63, 3.8) is 0 Å². The van der Waals surface area contributed by atoms with Gasteiger partial charge < -0.3 is 10.5 Å². The molecular formula is C31H35N4O2+. The Hall–Kier alpha value is -3.80. The van der Waals surface area contributed by atoms with Crippen molar-refractivity contribution in [1.29, 1.82) is 0 Å².